The predicted molar refractivity (Wildman–Crippen MR) is 105 cm³/mol. The molecule has 0 saturated carbocycles. The van der Waals surface area contributed by atoms with E-state index in [1.165, 1.54) is 11.6 Å². The van der Waals surface area contributed by atoms with Crippen molar-refractivity contribution in [3.63, 3.8) is 0 Å². The van der Waals surface area contributed by atoms with Gasteiger partial charge in [0.05, 0.1) is 5.56 Å². The number of halogens is 3. The van der Waals surface area contributed by atoms with Gasteiger partial charge in [-0.3, -0.25) is 4.79 Å². The summed E-state index contributed by atoms with van der Waals surface area (Å²) in [5.41, 5.74) is 1.96. The minimum absolute atomic E-state index is 0.0820. The van der Waals surface area contributed by atoms with Crippen LogP contribution in [0.5, 0.6) is 0 Å². The smallest absolute Gasteiger partial charge is 0.384 e. The van der Waals surface area contributed by atoms with Crippen LogP contribution in [0.2, 0.25) is 0 Å². The summed E-state index contributed by atoms with van der Waals surface area (Å²) in [4.78, 5) is 12.7. The third kappa shape index (κ3) is 5.22. The van der Waals surface area contributed by atoms with Gasteiger partial charge in [-0.1, -0.05) is 60.7 Å². The molecule has 0 fully saturated rings. The molecule has 3 aromatic carbocycles. The third-order valence-corrected chi connectivity index (χ3v) is 4.42. The fourth-order valence-electron chi connectivity index (χ4n) is 3.00. The zero-order valence-electron chi connectivity index (χ0n) is 15.2. The summed E-state index contributed by atoms with van der Waals surface area (Å²) in [7, 11) is 0. The van der Waals surface area contributed by atoms with Gasteiger partial charge in [-0.15, -0.1) is 0 Å². The number of carbonyl (C=O) groups is 1. The average Bonchev–Trinajstić information content (AvgIpc) is 2.69. The first kappa shape index (κ1) is 19.7. The van der Waals surface area contributed by atoms with Gasteiger partial charge >= 0.3 is 6.18 Å². The van der Waals surface area contributed by atoms with Crippen LogP contribution in [-0.4, -0.2) is 12.3 Å². The average molecular weight is 383 g/mol. The molecule has 0 aliphatic carbocycles. The number of para-hydroxylation sites is 1. The minimum Gasteiger partial charge on any atom is -0.384 e. The molecular weight excluding hydrogens is 363 g/mol. The van der Waals surface area contributed by atoms with E-state index in [0.717, 1.165) is 18.6 Å². The maximum atomic E-state index is 12.9. The normalized spacial score (nSPS) is 11.2. The van der Waals surface area contributed by atoms with Gasteiger partial charge in [-0.05, 0) is 35.7 Å². The quantitative estimate of drug-likeness (QED) is 0.524. The Hall–Kier alpha value is -3.08. The predicted octanol–water partition coefficient (Wildman–Crippen LogP) is 5.79. The highest BCUT2D eigenvalue weighted by Crippen LogP contribution is 2.30. The maximum absolute atomic E-state index is 12.9. The lowest BCUT2D eigenvalue weighted by Crippen LogP contribution is -2.12. The second-order valence-electron chi connectivity index (χ2n) is 6.51. The Bertz CT molecular complexity index is 936. The first-order valence-electron chi connectivity index (χ1n) is 8.99. The van der Waals surface area contributed by atoms with Crippen molar-refractivity contribution in [3.8, 4) is 0 Å². The van der Waals surface area contributed by atoms with Crippen LogP contribution in [0.1, 0.15) is 27.0 Å². The Morgan fingerprint density at radius 2 is 1.50 bits per heavy atom. The van der Waals surface area contributed by atoms with E-state index >= 15 is 0 Å². The van der Waals surface area contributed by atoms with Crippen LogP contribution in [0.3, 0.4) is 0 Å². The Morgan fingerprint density at radius 3 is 2.25 bits per heavy atom. The van der Waals surface area contributed by atoms with E-state index < -0.39 is 11.7 Å². The molecule has 2 nitrogen and oxygen atoms in total. The van der Waals surface area contributed by atoms with Crippen molar-refractivity contribution in [3.05, 3.63) is 101 Å². The lowest BCUT2D eigenvalue weighted by Gasteiger charge is -2.12. The van der Waals surface area contributed by atoms with Crippen LogP contribution in [0.25, 0.3) is 0 Å². The van der Waals surface area contributed by atoms with E-state index in [-0.39, 0.29) is 12.2 Å². The number of benzene rings is 3. The molecule has 0 bridgehead atoms. The Morgan fingerprint density at radius 1 is 0.821 bits per heavy atom. The van der Waals surface area contributed by atoms with E-state index in [4.69, 9.17) is 0 Å². The van der Waals surface area contributed by atoms with E-state index in [0.29, 0.717) is 23.4 Å². The standard InChI is InChI=1S/C23H20F3NO/c24-23(25,26)19-10-6-9-18(15-19)16-22(28)20-11-4-5-12-21(20)27-14-13-17-7-2-1-3-8-17/h1-12,15,27H,13-14,16H2. The number of nitrogens with one attached hydrogen (secondary N) is 1. The Kier molecular flexibility index (Phi) is 6.14. The SMILES string of the molecule is O=C(Cc1cccc(C(F)(F)F)c1)c1ccccc1NCCc1ccccc1. The number of ketones is 1. The van der Waals surface area contributed by atoms with E-state index in [1.807, 2.05) is 42.5 Å². The monoisotopic (exact) mass is 383 g/mol. The van der Waals surface area contributed by atoms with Crippen LogP contribution in [0.15, 0.2) is 78.9 Å². The molecule has 5 heteroatoms. The van der Waals surface area contributed by atoms with Crippen LogP contribution in [0, 0.1) is 0 Å². The van der Waals surface area contributed by atoms with Crippen LogP contribution in [0.4, 0.5) is 18.9 Å². The molecule has 0 amide bonds. The highest BCUT2D eigenvalue weighted by molar-refractivity contribution is 6.02. The van der Waals surface area contributed by atoms with Gasteiger partial charge in [0.25, 0.3) is 0 Å². The van der Waals surface area contributed by atoms with Crippen molar-refractivity contribution in [2.45, 2.75) is 19.0 Å². The number of anilines is 1. The van der Waals surface area contributed by atoms with E-state index in [1.54, 1.807) is 18.2 Å². The lowest BCUT2D eigenvalue weighted by molar-refractivity contribution is -0.137. The zero-order valence-corrected chi connectivity index (χ0v) is 15.2. The second kappa shape index (κ2) is 8.74. The van der Waals surface area contributed by atoms with Crippen molar-refractivity contribution < 1.29 is 18.0 Å². The number of hydrogen-bond acceptors (Lipinski definition) is 2. The topological polar surface area (TPSA) is 29.1 Å². The molecule has 0 aliphatic heterocycles. The molecular formula is C23H20F3NO. The highest BCUT2D eigenvalue weighted by Gasteiger charge is 2.30. The number of Topliss-reactive ketones (excluding diaryl/α,β-unsaturated/α-hetero) is 1. The summed E-state index contributed by atoms with van der Waals surface area (Å²) in [6.45, 7) is 0.651. The van der Waals surface area contributed by atoms with Crippen molar-refractivity contribution in [1.82, 2.24) is 0 Å². The molecule has 0 spiro atoms. The number of rotatable bonds is 7. The molecule has 0 radical (unpaired) electrons. The molecule has 0 unspecified atom stereocenters. The van der Waals surface area contributed by atoms with Gasteiger partial charge < -0.3 is 5.32 Å². The van der Waals surface area contributed by atoms with Crippen LogP contribution in [-0.2, 0) is 19.0 Å². The lowest BCUT2D eigenvalue weighted by atomic mass is 10.00. The van der Waals surface area contributed by atoms with Gasteiger partial charge in [-0.2, -0.15) is 13.2 Å². The molecule has 0 heterocycles. The largest absolute Gasteiger partial charge is 0.416 e. The van der Waals surface area contributed by atoms with Gasteiger partial charge in [0.15, 0.2) is 5.78 Å². The second-order valence-corrected chi connectivity index (χ2v) is 6.51. The van der Waals surface area contributed by atoms with Gasteiger partial charge in [0.2, 0.25) is 0 Å². The third-order valence-electron chi connectivity index (χ3n) is 4.42. The van der Waals surface area contributed by atoms with Crippen molar-refractivity contribution in [2.24, 2.45) is 0 Å². The Labute approximate surface area is 162 Å². The molecule has 144 valence electrons. The summed E-state index contributed by atoms with van der Waals surface area (Å²) in [6, 6.07) is 22.0. The maximum Gasteiger partial charge on any atom is 0.416 e. The van der Waals surface area contributed by atoms with Crippen LogP contribution >= 0.6 is 0 Å². The van der Waals surface area contributed by atoms with Crippen molar-refractivity contribution in [1.29, 1.82) is 0 Å². The van der Waals surface area contributed by atoms with Crippen molar-refractivity contribution in [2.75, 3.05) is 11.9 Å². The van der Waals surface area contributed by atoms with Crippen LogP contribution < -0.4 is 5.32 Å². The number of carbonyl (C=O) groups excluding carboxylic acids is 1. The molecule has 3 rings (SSSR count). The molecule has 0 atom stereocenters. The first-order valence-corrected chi connectivity index (χ1v) is 8.99. The summed E-state index contributed by atoms with van der Waals surface area (Å²) >= 11 is 0. The minimum atomic E-state index is -4.42. The molecule has 28 heavy (non-hydrogen) atoms. The fourth-order valence-corrected chi connectivity index (χ4v) is 3.00. The highest BCUT2D eigenvalue weighted by atomic mass is 19.4. The summed E-state index contributed by atoms with van der Waals surface area (Å²) in [6.07, 6.45) is -3.70. The Balaban J connectivity index is 1.69. The van der Waals surface area contributed by atoms with Gasteiger partial charge in [0, 0.05) is 24.2 Å². The molecule has 1 N–H and O–H groups in total. The molecule has 0 saturated heterocycles. The van der Waals surface area contributed by atoms with E-state index in [2.05, 4.69) is 5.32 Å². The fraction of sp³-hybridized carbons (Fsp3) is 0.174. The van der Waals surface area contributed by atoms with Gasteiger partial charge in [-0.25, -0.2) is 0 Å². The first-order chi connectivity index (χ1) is 13.4. The van der Waals surface area contributed by atoms with E-state index in [9.17, 15) is 18.0 Å². The number of alkyl halides is 3. The summed E-state index contributed by atoms with van der Waals surface area (Å²) in [5.74, 6) is -0.220. The summed E-state index contributed by atoms with van der Waals surface area (Å²) in [5, 5.41) is 3.26. The summed E-state index contributed by atoms with van der Waals surface area (Å²) < 4.78 is 38.6. The zero-order chi connectivity index (χ0) is 20.0. The van der Waals surface area contributed by atoms with Crippen molar-refractivity contribution >= 4 is 11.5 Å². The number of hydrogen-bond donors (Lipinski definition) is 1. The van der Waals surface area contributed by atoms with Gasteiger partial charge in [0.1, 0.15) is 0 Å². The molecule has 0 aromatic heterocycles. The molecule has 0 aliphatic rings. The molecule has 3 aromatic rings.